The summed E-state index contributed by atoms with van der Waals surface area (Å²) in [6.07, 6.45) is 0.704. The summed E-state index contributed by atoms with van der Waals surface area (Å²) >= 11 is 0. The highest BCUT2D eigenvalue weighted by Crippen LogP contribution is 2.36. The molecule has 1 aliphatic rings. The van der Waals surface area contributed by atoms with Crippen molar-refractivity contribution in [3.05, 3.63) is 52.7 Å². The maximum atomic E-state index is 13.2. The third kappa shape index (κ3) is 9.65. The zero-order chi connectivity index (χ0) is 34.7. The molecule has 1 aromatic carbocycles. The van der Waals surface area contributed by atoms with E-state index in [1.165, 1.54) is 16.8 Å². The number of rotatable bonds is 9. The Morgan fingerprint density at radius 3 is 2.00 bits per heavy atom. The lowest BCUT2D eigenvalue weighted by molar-refractivity contribution is -0.138. The Balaban J connectivity index is 1.56. The molecule has 0 bridgehead atoms. The second kappa shape index (κ2) is 14.0. The zero-order valence-corrected chi connectivity index (χ0v) is 30.2. The van der Waals surface area contributed by atoms with Gasteiger partial charge in [0, 0.05) is 32.4 Å². The molecule has 1 N–H and O–H groups in total. The second-order valence-corrected chi connectivity index (χ2v) is 19.6. The Morgan fingerprint density at radius 1 is 0.913 bits per heavy atom. The number of ether oxygens (including phenoxy) is 2. The molecule has 1 saturated heterocycles. The Kier molecular flexibility index (Phi) is 11.2. The van der Waals surface area contributed by atoms with Gasteiger partial charge in [0.05, 0.1) is 12.3 Å². The zero-order valence-electron chi connectivity index (χ0n) is 29.2. The average Bonchev–Trinajstić information content (AvgIpc) is 2.94. The molecule has 1 aromatic heterocycles. The predicted octanol–water partition coefficient (Wildman–Crippen LogP) is 4.61. The molecule has 1 fully saturated rings. The van der Waals surface area contributed by atoms with Crippen LogP contribution in [0.5, 0.6) is 5.75 Å². The lowest BCUT2D eigenvalue weighted by Crippen LogP contribution is -2.60. The minimum absolute atomic E-state index is 0.0310. The van der Waals surface area contributed by atoms with Crippen molar-refractivity contribution in [2.24, 2.45) is 0 Å². The van der Waals surface area contributed by atoms with E-state index in [4.69, 9.17) is 13.9 Å². The maximum absolute atomic E-state index is 13.2. The van der Waals surface area contributed by atoms with Gasteiger partial charge in [0.15, 0.2) is 8.32 Å². The number of carbonyl (C=O) groups excluding carboxylic acids is 3. The maximum Gasteiger partial charge on any atom is 0.408 e. The van der Waals surface area contributed by atoms with E-state index in [-0.39, 0.29) is 54.8 Å². The smallest absolute Gasteiger partial charge is 0.408 e. The van der Waals surface area contributed by atoms with Crippen LogP contribution in [0, 0.1) is 0 Å². The van der Waals surface area contributed by atoms with E-state index in [1.807, 2.05) is 6.92 Å². The Labute approximate surface area is 273 Å². The van der Waals surface area contributed by atoms with E-state index in [1.54, 1.807) is 68.7 Å². The highest BCUT2D eigenvalue weighted by molar-refractivity contribution is 6.74. The molecule has 1 unspecified atom stereocenters. The lowest BCUT2D eigenvalue weighted by Gasteiger charge is -2.38. The minimum Gasteiger partial charge on any atom is -0.488 e. The van der Waals surface area contributed by atoms with Crippen molar-refractivity contribution in [1.82, 2.24) is 24.7 Å². The second-order valence-electron chi connectivity index (χ2n) is 14.8. The van der Waals surface area contributed by atoms with Crippen LogP contribution in [-0.4, -0.2) is 95.6 Å². The van der Waals surface area contributed by atoms with Crippen LogP contribution in [0.3, 0.4) is 0 Å². The largest absolute Gasteiger partial charge is 0.488 e. The summed E-state index contributed by atoms with van der Waals surface area (Å²) in [4.78, 5) is 58.7. The number of amides is 3. The number of hydrogen-bond donors (Lipinski definition) is 1. The van der Waals surface area contributed by atoms with Crippen molar-refractivity contribution in [3.8, 4) is 11.4 Å². The highest BCUT2D eigenvalue weighted by atomic mass is 28.4. The van der Waals surface area contributed by atoms with E-state index in [0.717, 1.165) is 0 Å². The summed E-state index contributed by atoms with van der Waals surface area (Å²) in [6.45, 7) is 23.0. The average molecular weight is 658 g/mol. The van der Waals surface area contributed by atoms with Gasteiger partial charge in [-0.3, -0.25) is 14.2 Å². The first-order valence-corrected chi connectivity index (χ1v) is 18.6. The molecule has 3 rings (SSSR count). The van der Waals surface area contributed by atoms with Crippen molar-refractivity contribution in [2.75, 3.05) is 32.8 Å². The fourth-order valence-corrected chi connectivity index (χ4v) is 5.58. The third-order valence-electron chi connectivity index (χ3n) is 8.16. The summed E-state index contributed by atoms with van der Waals surface area (Å²) in [5.74, 6) is -0.0128. The molecular weight excluding hydrogens is 606 g/mol. The summed E-state index contributed by atoms with van der Waals surface area (Å²) < 4.78 is 18.9. The van der Waals surface area contributed by atoms with Gasteiger partial charge >= 0.3 is 11.8 Å². The standard InChI is InChI=1S/C33H51N5O7Si/c1-23(22-43-46(10,11)32(5,6)7)44-25-14-12-24(13-15-25)38-17-16-26(34-29(38)41)27(39)36-18-20-37(21-19-36)28(40)33(8,9)35-30(42)45-31(2,3)4/h12-17,23H,18-22H2,1-11H3,(H,35,42). The number of piperazine rings is 1. The normalized spacial score (nSPS) is 15.3. The number of carbonyl (C=O) groups is 3. The summed E-state index contributed by atoms with van der Waals surface area (Å²) in [6, 6.07) is 8.61. The van der Waals surface area contributed by atoms with Gasteiger partial charge in [0.2, 0.25) is 5.91 Å². The fraction of sp³-hybridized carbons (Fsp3) is 0.606. The number of alkyl carbamates (subject to hydrolysis) is 1. The van der Waals surface area contributed by atoms with Gasteiger partial charge in [-0.2, -0.15) is 4.98 Å². The van der Waals surface area contributed by atoms with Crippen LogP contribution in [0.15, 0.2) is 41.3 Å². The molecule has 2 aromatic rings. The van der Waals surface area contributed by atoms with Crippen LogP contribution in [0.1, 0.15) is 72.8 Å². The van der Waals surface area contributed by atoms with E-state index >= 15 is 0 Å². The first-order valence-electron chi connectivity index (χ1n) is 15.7. The molecule has 0 radical (unpaired) electrons. The Bertz CT molecular complexity index is 1450. The van der Waals surface area contributed by atoms with Crippen molar-refractivity contribution in [1.29, 1.82) is 0 Å². The summed E-state index contributed by atoms with van der Waals surface area (Å²) in [5, 5.41) is 2.75. The highest BCUT2D eigenvalue weighted by Gasteiger charge is 2.38. The number of aromatic nitrogens is 2. The first kappa shape index (κ1) is 36.8. The number of nitrogens with one attached hydrogen (secondary N) is 1. The van der Waals surface area contributed by atoms with Gasteiger partial charge in [-0.15, -0.1) is 0 Å². The monoisotopic (exact) mass is 657 g/mol. The molecular formula is C33H51N5O7Si. The Morgan fingerprint density at radius 2 is 1.48 bits per heavy atom. The molecule has 13 heteroatoms. The minimum atomic E-state index is -1.88. The third-order valence-corrected chi connectivity index (χ3v) is 12.7. The molecule has 2 heterocycles. The topological polar surface area (TPSA) is 132 Å². The SMILES string of the molecule is CC(CO[Si](C)(C)C(C)(C)C)Oc1ccc(-n2ccc(C(=O)N3CCN(C(=O)C(C)(C)NC(=O)OC(C)(C)C)CC3)nc2=O)cc1. The quantitative estimate of drug-likeness (QED) is 0.387. The number of hydrogen-bond acceptors (Lipinski definition) is 8. The molecule has 0 spiro atoms. The van der Waals surface area contributed by atoms with Crippen molar-refractivity contribution >= 4 is 26.2 Å². The molecule has 0 aliphatic carbocycles. The van der Waals surface area contributed by atoms with E-state index < -0.39 is 31.2 Å². The van der Waals surface area contributed by atoms with Crippen molar-refractivity contribution in [3.63, 3.8) is 0 Å². The Hall–Kier alpha value is -3.71. The molecule has 0 saturated carbocycles. The van der Waals surface area contributed by atoms with Crippen LogP contribution < -0.4 is 15.7 Å². The number of nitrogens with zero attached hydrogens (tertiary/aromatic N) is 4. The first-order chi connectivity index (χ1) is 21.1. The predicted molar refractivity (Wildman–Crippen MR) is 179 cm³/mol. The molecule has 1 aliphatic heterocycles. The molecule has 254 valence electrons. The van der Waals surface area contributed by atoms with Crippen molar-refractivity contribution in [2.45, 2.75) is 97.7 Å². The molecule has 1 atom stereocenters. The van der Waals surface area contributed by atoms with Crippen LogP contribution in [-0.2, 0) is 14.0 Å². The lowest BCUT2D eigenvalue weighted by atomic mass is 10.0. The number of benzene rings is 1. The molecule has 46 heavy (non-hydrogen) atoms. The van der Waals surface area contributed by atoms with Gasteiger partial charge in [0.25, 0.3) is 5.91 Å². The van der Waals surface area contributed by atoms with Gasteiger partial charge < -0.3 is 29.0 Å². The van der Waals surface area contributed by atoms with Crippen LogP contribution in [0.4, 0.5) is 4.79 Å². The van der Waals surface area contributed by atoms with Crippen LogP contribution in [0.25, 0.3) is 5.69 Å². The molecule has 3 amide bonds. The van der Waals surface area contributed by atoms with E-state index in [9.17, 15) is 19.2 Å². The van der Waals surface area contributed by atoms with Crippen LogP contribution in [0.2, 0.25) is 18.1 Å². The van der Waals surface area contributed by atoms with Crippen molar-refractivity contribution < 1.29 is 28.3 Å². The van der Waals surface area contributed by atoms with Gasteiger partial charge in [0.1, 0.15) is 28.7 Å². The summed E-state index contributed by atoms with van der Waals surface area (Å²) in [5.41, 5.74) is -1.85. The van der Waals surface area contributed by atoms with E-state index in [2.05, 4.69) is 44.2 Å². The van der Waals surface area contributed by atoms with Gasteiger partial charge in [-0.25, -0.2) is 9.59 Å². The van der Waals surface area contributed by atoms with Crippen LogP contribution >= 0.6 is 0 Å². The van der Waals surface area contributed by atoms with Gasteiger partial charge in [-0.1, -0.05) is 20.8 Å². The fourth-order valence-electron chi connectivity index (χ4n) is 4.49. The van der Waals surface area contributed by atoms with Gasteiger partial charge in [-0.05, 0) is 90.0 Å². The summed E-state index contributed by atoms with van der Waals surface area (Å²) in [7, 11) is -1.88. The van der Waals surface area contributed by atoms with E-state index in [0.29, 0.717) is 18.0 Å². The molecule has 12 nitrogen and oxygen atoms in total.